The minimum absolute atomic E-state index is 0.315. The van der Waals surface area contributed by atoms with Crippen LogP contribution in [-0.2, 0) is 0 Å². The maximum atomic E-state index is 13.5. The van der Waals surface area contributed by atoms with E-state index in [0.29, 0.717) is 50.6 Å². The molecule has 0 aliphatic carbocycles. The van der Waals surface area contributed by atoms with Crippen molar-refractivity contribution in [2.75, 3.05) is 23.3 Å². The zero-order chi connectivity index (χ0) is 24.4. The summed E-state index contributed by atoms with van der Waals surface area (Å²) in [4.78, 5) is 29.4. The van der Waals surface area contributed by atoms with Gasteiger partial charge in [-0.1, -0.05) is 29.3 Å². The van der Waals surface area contributed by atoms with Crippen LogP contribution < -0.4 is 21.1 Å². The number of rotatable bonds is 4. The largest absolute Gasteiger partial charge is 0.366 e. The zero-order valence-electron chi connectivity index (χ0n) is 18.9. The molecule has 2 aliphatic rings. The van der Waals surface area contributed by atoms with Crippen molar-refractivity contribution in [2.24, 2.45) is 0 Å². The highest BCUT2D eigenvalue weighted by molar-refractivity contribution is 6.37. The van der Waals surface area contributed by atoms with Gasteiger partial charge >= 0.3 is 0 Å². The molecular weight excluding hydrogens is 499 g/mol. The lowest BCUT2D eigenvalue weighted by Gasteiger charge is -2.29. The number of halogens is 2. The summed E-state index contributed by atoms with van der Waals surface area (Å²) in [6.07, 6.45) is 6.06. The van der Waals surface area contributed by atoms with E-state index in [1.54, 1.807) is 35.0 Å². The number of hydrogen-bond acceptors (Lipinski definition) is 7. The first-order valence-electron chi connectivity index (χ1n) is 11.6. The molecule has 36 heavy (non-hydrogen) atoms. The summed E-state index contributed by atoms with van der Waals surface area (Å²) in [5, 5.41) is 7.78. The fourth-order valence-electron chi connectivity index (χ4n) is 5.25. The van der Waals surface area contributed by atoms with Crippen LogP contribution in [0.3, 0.4) is 0 Å². The predicted octanol–water partition coefficient (Wildman–Crippen LogP) is 4.03. The quantitative estimate of drug-likeness (QED) is 0.371. The first-order chi connectivity index (χ1) is 17.6. The van der Waals surface area contributed by atoms with Crippen molar-refractivity contribution in [2.45, 2.75) is 18.5 Å². The Kier molecular flexibility index (Phi) is 4.92. The van der Waals surface area contributed by atoms with Gasteiger partial charge in [-0.3, -0.25) is 9.20 Å². The van der Waals surface area contributed by atoms with Gasteiger partial charge in [0.25, 0.3) is 5.56 Å². The second-order valence-corrected chi connectivity index (χ2v) is 9.87. The number of hydrogen-bond donors (Lipinski definition) is 2. The van der Waals surface area contributed by atoms with Crippen molar-refractivity contribution in [3.63, 3.8) is 0 Å². The molecule has 2 saturated heterocycles. The third-order valence-electron chi connectivity index (χ3n) is 6.92. The molecule has 2 bridgehead atoms. The maximum Gasteiger partial charge on any atom is 0.270 e. The molecule has 2 N–H and O–H groups in total. The van der Waals surface area contributed by atoms with Crippen LogP contribution in [0.2, 0.25) is 10.0 Å². The fourth-order valence-corrected chi connectivity index (χ4v) is 5.82. The van der Waals surface area contributed by atoms with Crippen molar-refractivity contribution < 1.29 is 0 Å². The third kappa shape index (κ3) is 3.35. The molecule has 11 heteroatoms. The van der Waals surface area contributed by atoms with Gasteiger partial charge < -0.3 is 15.5 Å². The highest BCUT2D eigenvalue weighted by Crippen LogP contribution is 2.31. The lowest BCUT2D eigenvalue weighted by molar-refractivity contribution is 0.580. The number of imidazole rings is 1. The standard InChI is InChI=1S/C25H20Cl2N8O/c26-19-2-1-3-20(27)21(19)35-23(36)18-12-30-24(32-22(18)33-9-8-28-25(33)35)31-14-4-6-16(7-5-14)34-13-15-10-17(34)11-29-15/h1-9,12,15,17,29H,10-11,13H2,(H,30,31,32)/t15-,17-/m0/s1. The summed E-state index contributed by atoms with van der Waals surface area (Å²) in [6.45, 7) is 2.09. The molecule has 2 fully saturated rings. The van der Waals surface area contributed by atoms with E-state index in [2.05, 4.69) is 42.6 Å². The van der Waals surface area contributed by atoms with Crippen LogP contribution in [0, 0.1) is 0 Å². The van der Waals surface area contributed by atoms with E-state index >= 15 is 0 Å². The van der Waals surface area contributed by atoms with E-state index in [-0.39, 0.29) is 5.56 Å². The van der Waals surface area contributed by atoms with Gasteiger partial charge in [0.05, 0.1) is 15.7 Å². The van der Waals surface area contributed by atoms with Crippen molar-refractivity contribution in [1.82, 2.24) is 29.2 Å². The molecule has 3 aromatic heterocycles. The molecular formula is C25H20Cl2N8O. The van der Waals surface area contributed by atoms with Crippen molar-refractivity contribution in [1.29, 1.82) is 0 Å². The van der Waals surface area contributed by atoms with Crippen LogP contribution in [0.4, 0.5) is 17.3 Å². The molecule has 180 valence electrons. The van der Waals surface area contributed by atoms with E-state index in [1.807, 2.05) is 12.1 Å². The molecule has 0 unspecified atom stereocenters. The number of fused-ring (bicyclic) bond motifs is 5. The SMILES string of the molecule is O=c1c2cnc(Nc3ccc(N4C[C@@H]5C[C@H]4CN5)cc3)nc2n2ccnc2n1-c1c(Cl)cccc1Cl. The topological polar surface area (TPSA) is 92.4 Å². The molecule has 2 atom stereocenters. The van der Waals surface area contributed by atoms with Gasteiger partial charge in [0.15, 0.2) is 5.65 Å². The van der Waals surface area contributed by atoms with Gasteiger partial charge in [-0.25, -0.2) is 14.5 Å². The van der Waals surface area contributed by atoms with Crippen LogP contribution in [0.5, 0.6) is 0 Å². The Morgan fingerprint density at radius 3 is 2.58 bits per heavy atom. The maximum absolute atomic E-state index is 13.5. The van der Waals surface area contributed by atoms with E-state index in [9.17, 15) is 4.79 Å². The summed E-state index contributed by atoms with van der Waals surface area (Å²) in [6, 6.07) is 14.5. The van der Waals surface area contributed by atoms with E-state index in [4.69, 9.17) is 23.2 Å². The number of anilines is 3. The average Bonchev–Trinajstić information content (AvgIpc) is 3.64. The number of benzene rings is 2. The normalized spacial score (nSPS) is 19.0. The van der Waals surface area contributed by atoms with Gasteiger partial charge in [0, 0.05) is 55.1 Å². The van der Waals surface area contributed by atoms with Crippen molar-refractivity contribution in [3.8, 4) is 5.69 Å². The van der Waals surface area contributed by atoms with Crippen LogP contribution in [0.15, 0.2) is 65.8 Å². The Morgan fingerprint density at radius 2 is 1.86 bits per heavy atom. The molecule has 5 heterocycles. The van der Waals surface area contributed by atoms with Gasteiger partial charge in [0.2, 0.25) is 11.7 Å². The average molecular weight is 519 g/mol. The number of para-hydroxylation sites is 1. The summed E-state index contributed by atoms with van der Waals surface area (Å²) in [5.41, 5.74) is 2.52. The van der Waals surface area contributed by atoms with Crippen LogP contribution in [0.1, 0.15) is 6.42 Å². The van der Waals surface area contributed by atoms with Crippen molar-refractivity contribution in [3.05, 3.63) is 81.5 Å². The van der Waals surface area contributed by atoms with E-state index < -0.39 is 0 Å². The van der Waals surface area contributed by atoms with E-state index in [1.165, 1.54) is 22.9 Å². The second-order valence-electron chi connectivity index (χ2n) is 9.06. The molecule has 0 radical (unpaired) electrons. The fraction of sp³-hybridized carbons (Fsp3) is 0.200. The number of nitrogens with one attached hydrogen (secondary N) is 2. The van der Waals surface area contributed by atoms with E-state index in [0.717, 1.165) is 18.8 Å². The number of piperazine rings is 1. The monoisotopic (exact) mass is 518 g/mol. The van der Waals surface area contributed by atoms with Gasteiger partial charge in [-0.2, -0.15) is 4.98 Å². The Morgan fingerprint density at radius 1 is 1.06 bits per heavy atom. The number of aromatic nitrogens is 5. The van der Waals surface area contributed by atoms with Gasteiger partial charge in [-0.15, -0.1) is 0 Å². The lowest BCUT2D eigenvalue weighted by Crippen LogP contribution is -2.43. The molecule has 9 nitrogen and oxygen atoms in total. The first-order valence-corrected chi connectivity index (χ1v) is 12.4. The van der Waals surface area contributed by atoms with Crippen molar-refractivity contribution >= 4 is 57.3 Å². The van der Waals surface area contributed by atoms with Crippen LogP contribution in [0.25, 0.3) is 22.5 Å². The number of nitrogens with zero attached hydrogens (tertiary/aromatic N) is 6. The van der Waals surface area contributed by atoms with Gasteiger partial charge in [0.1, 0.15) is 5.39 Å². The molecule has 5 aromatic rings. The Bertz CT molecular complexity index is 1680. The Balaban J connectivity index is 1.26. The minimum atomic E-state index is -0.357. The molecule has 2 aromatic carbocycles. The summed E-state index contributed by atoms with van der Waals surface area (Å²) >= 11 is 12.8. The molecule has 0 saturated carbocycles. The smallest absolute Gasteiger partial charge is 0.270 e. The Labute approximate surface area is 215 Å². The predicted molar refractivity (Wildman–Crippen MR) is 141 cm³/mol. The highest BCUT2D eigenvalue weighted by Gasteiger charge is 2.37. The molecule has 7 rings (SSSR count). The second kappa shape index (κ2) is 8.19. The molecule has 0 amide bonds. The highest BCUT2D eigenvalue weighted by atomic mass is 35.5. The summed E-state index contributed by atoms with van der Waals surface area (Å²) in [5.74, 6) is 0.730. The first kappa shape index (κ1) is 21.6. The Hall–Kier alpha value is -3.66. The summed E-state index contributed by atoms with van der Waals surface area (Å²) < 4.78 is 3.12. The minimum Gasteiger partial charge on any atom is -0.366 e. The molecule has 0 spiro atoms. The molecule has 2 aliphatic heterocycles. The summed E-state index contributed by atoms with van der Waals surface area (Å²) in [7, 11) is 0. The zero-order valence-corrected chi connectivity index (χ0v) is 20.4. The lowest BCUT2D eigenvalue weighted by atomic mass is 10.2. The third-order valence-corrected chi connectivity index (χ3v) is 7.53. The van der Waals surface area contributed by atoms with Gasteiger partial charge in [-0.05, 0) is 42.8 Å². The van der Waals surface area contributed by atoms with Crippen LogP contribution >= 0.6 is 23.2 Å². The van der Waals surface area contributed by atoms with Crippen LogP contribution in [-0.4, -0.2) is 49.1 Å².